The number of aliphatic carboxylic acids is 1. The first kappa shape index (κ1) is 59.9. The summed E-state index contributed by atoms with van der Waals surface area (Å²) in [5, 5.41) is 62.2. The first-order valence-electron chi connectivity index (χ1n) is 26.1. The largest absolute Gasteiger partial charge is 0.481 e. The van der Waals surface area contributed by atoms with Crippen LogP contribution in [-0.4, -0.2) is 110 Å². The van der Waals surface area contributed by atoms with Crippen molar-refractivity contribution in [3.05, 3.63) is 178 Å². The van der Waals surface area contributed by atoms with Gasteiger partial charge in [-0.05, 0) is 76.2 Å². The number of carbonyl (C=O) groups is 4. The van der Waals surface area contributed by atoms with Crippen molar-refractivity contribution in [1.29, 1.82) is 0 Å². The number of para-hydroxylation sites is 2. The van der Waals surface area contributed by atoms with E-state index in [1.54, 1.807) is 99.1 Å². The van der Waals surface area contributed by atoms with Gasteiger partial charge in [0.1, 0.15) is 0 Å². The Morgan fingerprint density at radius 2 is 0.939 bits per heavy atom. The molecule has 0 atom stereocenters. The number of nitrogens with zero attached hydrogens (tertiary/aromatic N) is 6. The van der Waals surface area contributed by atoms with Crippen LogP contribution in [0.5, 0.6) is 0 Å². The molecule has 0 aliphatic heterocycles. The quantitative estimate of drug-likeness (QED) is 0.0469. The van der Waals surface area contributed by atoms with Crippen molar-refractivity contribution in [3.63, 3.8) is 0 Å². The second kappa shape index (κ2) is 27.4. The van der Waals surface area contributed by atoms with E-state index in [0.29, 0.717) is 56.4 Å². The van der Waals surface area contributed by atoms with Gasteiger partial charge in [0.15, 0.2) is 11.4 Å². The maximum Gasteiger partial charge on any atom is 0.305 e. The molecule has 0 spiro atoms. The van der Waals surface area contributed by atoms with Gasteiger partial charge < -0.3 is 37.0 Å². The molecule has 10 aromatic rings. The third kappa shape index (κ3) is 15.5. The smallest absolute Gasteiger partial charge is 0.305 e. The molecule has 0 saturated heterocycles. The average molecular weight is 1120 g/mol. The molecule has 10 N–H and O–H groups in total. The topological polar surface area (TPSA) is 318 Å². The Balaban J connectivity index is 0.000000232. The Morgan fingerprint density at radius 1 is 0.585 bits per heavy atom. The molecule has 0 fully saturated rings. The lowest BCUT2D eigenvalue weighted by atomic mass is 10.0. The molecular formula is C60H65FN12O9. The fraction of sp³-hybridized carbons (Fsp3) is 0.233. The molecule has 0 saturated carbocycles. The maximum atomic E-state index is 13.2. The predicted molar refractivity (Wildman–Crippen MR) is 316 cm³/mol. The normalized spacial score (nSPS) is 11.2. The minimum absolute atomic E-state index is 0. The third-order valence-corrected chi connectivity index (χ3v) is 12.3. The number of H-pyrrole nitrogens is 2. The summed E-state index contributed by atoms with van der Waals surface area (Å²) in [6.45, 7) is 7.50. The van der Waals surface area contributed by atoms with Crippen LogP contribution in [-0.2, 0) is 22.7 Å². The second-order valence-electron chi connectivity index (χ2n) is 19.6. The van der Waals surface area contributed by atoms with E-state index >= 15 is 0 Å². The summed E-state index contributed by atoms with van der Waals surface area (Å²) in [6.07, 6.45) is 0.0550. The van der Waals surface area contributed by atoms with Crippen molar-refractivity contribution in [3.8, 4) is 22.5 Å². The average Bonchev–Trinajstić information content (AvgIpc) is 4.11. The van der Waals surface area contributed by atoms with Gasteiger partial charge in [-0.3, -0.25) is 42.5 Å². The fourth-order valence-corrected chi connectivity index (χ4v) is 8.22. The van der Waals surface area contributed by atoms with Gasteiger partial charge in [-0.2, -0.15) is 20.4 Å². The zero-order chi connectivity index (χ0) is 59.1. The van der Waals surface area contributed by atoms with Crippen molar-refractivity contribution < 1.29 is 40.3 Å². The number of benzene rings is 6. The Kier molecular flexibility index (Phi) is 20.0. The molecule has 22 heteroatoms. The number of amides is 3. The molecule has 4 heterocycles. The Bertz CT molecular complexity index is 4000. The Labute approximate surface area is 471 Å². The number of nitrogens with one attached hydrogen (secondary N) is 5. The van der Waals surface area contributed by atoms with E-state index in [0.717, 1.165) is 27.4 Å². The first-order chi connectivity index (χ1) is 39.2. The zero-order valence-corrected chi connectivity index (χ0v) is 44.7. The van der Waals surface area contributed by atoms with Gasteiger partial charge in [-0.25, -0.2) is 10.2 Å². The molecule has 21 nitrogen and oxygen atoms in total. The molecular weight excluding hydrogens is 1050 g/mol. The number of carboxylic acids is 1. The van der Waals surface area contributed by atoms with E-state index in [1.165, 1.54) is 4.68 Å². The van der Waals surface area contributed by atoms with Crippen molar-refractivity contribution in [1.82, 2.24) is 45.3 Å². The molecule has 0 aliphatic carbocycles. The molecule has 82 heavy (non-hydrogen) atoms. The van der Waals surface area contributed by atoms with E-state index in [2.05, 4.69) is 46.5 Å². The highest BCUT2D eigenvalue weighted by atomic mass is 19.1. The van der Waals surface area contributed by atoms with Crippen LogP contribution in [0.15, 0.2) is 155 Å². The van der Waals surface area contributed by atoms with Crippen molar-refractivity contribution in [2.24, 2.45) is 5.73 Å². The molecule has 0 aliphatic rings. The summed E-state index contributed by atoms with van der Waals surface area (Å²) >= 11 is 0. The molecule has 6 aromatic carbocycles. The summed E-state index contributed by atoms with van der Waals surface area (Å²) in [6, 6.07) is 43.3. The number of aryl methyl sites for hydroxylation is 2. The lowest BCUT2D eigenvalue weighted by Crippen LogP contribution is -2.38. The van der Waals surface area contributed by atoms with E-state index < -0.39 is 30.2 Å². The standard InChI is InChI=1S/C29H28N6O4.C25H19N5O4.C4H11NO.CH3F.CH4/c1-29(2,39)17-30-24(36)15-16-35-23-10-6-5-9-22(23)26(34-35)28(38)31-19-13-11-18(12-14-19)25-20-7-3-4-8-21(20)27(37)33-32-25;31-21(32)13-14-30-20-8-4-3-7-19(20)23(29-30)25(34)26-16-11-9-15(10-12-16)22-17-5-1-2-6-18(17)24(33)28-27-22;1-4(2,6)3-5;1-2;/h3-14,39H,15-17H2,1-2H3,(H,30,36)(H,31,38)(H,33,37);1-12H,13-14H2,(H,26,34)(H,28,33)(H,31,32);6H,3,5H2,1-2H3;1H3;1H4/i;;;1D;. The number of carboxylic acid groups (broad SMARTS) is 1. The number of alkyl halides is 1. The lowest BCUT2D eigenvalue weighted by Gasteiger charge is -2.17. The number of hydrogen-bond donors (Lipinski definition) is 9. The summed E-state index contributed by atoms with van der Waals surface area (Å²) in [5.41, 5.74) is 8.76. The monoisotopic (exact) mass is 1120 g/mol. The van der Waals surface area contributed by atoms with Gasteiger partial charge in [0.25, 0.3) is 22.9 Å². The van der Waals surface area contributed by atoms with Crippen molar-refractivity contribution >= 4 is 78.4 Å². The van der Waals surface area contributed by atoms with Crippen LogP contribution in [0.25, 0.3) is 65.9 Å². The molecule has 4 aromatic heterocycles. The minimum Gasteiger partial charge on any atom is -0.481 e. The van der Waals surface area contributed by atoms with Crippen LogP contribution < -0.4 is 32.8 Å². The molecule has 0 unspecified atom stereocenters. The predicted octanol–water partition coefficient (Wildman–Crippen LogP) is 8.07. The highest BCUT2D eigenvalue weighted by molar-refractivity contribution is 6.12. The zero-order valence-electron chi connectivity index (χ0n) is 45.7. The van der Waals surface area contributed by atoms with Gasteiger partial charge in [0.05, 0.1) is 72.4 Å². The van der Waals surface area contributed by atoms with E-state index in [9.17, 15) is 38.3 Å². The number of carbonyl (C=O) groups excluding carboxylic acids is 3. The number of aliphatic hydroxyl groups is 2. The van der Waals surface area contributed by atoms with Crippen molar-refractivity contribution in [2.75, 3.05) is 30.9 Å². The van der Waals surface area contributed by atoms with E-state index in [-0.39, 0.29) is 74.2 Å². The summed E-state index contributed by atoms with van der Waals surface area (Å²) < 4.78 is 18.7. The number of hydrogen-bond acceptors (Lipinski definition) is 13. The molecule has 0 radical (unpaired) electrons. The van der Waals surface area contributed by atoms with Crippen LogP contribution >= 0.6 is 0 Å². The van der Waals surface area contributed by atoms with E-state index in [4.69, 9.17) is 17.3 Å². The van der Waals surface area contributed by atoms with Crippen LogP contribution in [0.1, 0.15) is 70.3 Å². The maximum absolute atomic E-state index is 13.2. The highest BCUT2D eigenvalue weighted by Gasteiger charge is 2.21. The van der Waals surface area contributed by atoms with Gasteiger partial charge in [-0.1, -0.05) is 104 Å². The lowest BCUT2D eigenvalue weighted by molar-refractivity contribution is -0.137. The van der Waals surface area contributed by atoms with Crippen LogP contribution in [0, 0.1) is 0 Å². The van der Waals surface area contributed by atoms with Crippen LogP contribution in [0.3, 0.4) is 0 Å². The van der Waals surface area contributed by atoms with Crippen LogP contribution in [0.4, 0.5) is 15.8 Å². The molecule has 3 amide bonds. The highest BCUT2D eigenvalue weighted by Crippen LogP contribution is 2.28. The van der Waals surface area contributed by atoms with Gasteiger partial charge in [0.2, 0.25) is 5.91 Å². The second-order valence-corrected chi connectivity index (χ2v) is 19.6. The number of fused-ring (bicyclic) bond motifs is 4. The van der Waals surface area contributed by atoms with Crippen LogP contribution in [0.2, 0.25) is 0 Å². The summed E-state index contributed by atoms with van der Waals surface area (Å²) in [7, 11) is -1.00. The Morgan fingerprint density at radius 3 is 1.30 bits per heavy atom. The summed E-state index contributed by atoms with van der Waals surface area (Å²) in [4.78, 5) is 73.6. The molecule has 10 rings (SSSR count). The Hall–Kier alpha value is -9.77. The number of nitrogens with two attached hydrogens (primary N) is 1. The number of halogens is 1. The first-order valence-corrected chi connectivity index (χ1v) is 25.4. The molecule has 0 bridgehead atoms. The fourth-order valence-electron chi connectivity index (χ4n) is 8.22. The van der Waals surface area contributed by atoms with Gasteiger partial charge in [-0.15, -0.1) is 0 Å². The van der Waals surface area contributed by atoms with E-state index in [1.807, 2.05) is 78.9 Å². The van der Waals surface area contributed by atoms with Crippen molar-refractivity contribution in [2.45, 2.75) is 72.3 Å². The third-order valence-electron chi connectivity index (χ3n) is 12.3. The minimum atomic E-state index is -1.00. The van der Waals surface area contributed by atoms with Gasteiger partial charge in [0, 0.05) is 63.6 Å². The van der Waals surface area contributed by atoms with Gasteiger partial charge >= 0.3 is 5.97 Å². The number of aromatic amines is 2. The number of rotatable bonds is 15. The molecule has 426 valence electrons. The number of anilines is 2. The SMILES string of the molecule is C.CC(C)(O)CN.CC(C)(O)CNC(=O)CCn1nc(C(=O)Nc2ccc(-c3n[nH]c(=O)c4ccccc34)cc2)c2ccccc21.O=C(O)CCn1nc(C(=O)Nc2ccc(-c3n[nH]c(=O)c4ccccc34)cc2)c2ccccc21.[2H]CF. The summed E-state index contributed by atoms with van der Waals surface area (Å²) in [5.74, 6) is -1.93. The number of aromatic nitrogens is 8.